The van der Waals surface area contributed by atoms with E-state index >= 15 is 0 Å². The van der Waals surface area contributed by atoms with Crippen LogP contribution in [0.2, 0.25) is 0 Å². The fourth-order valence-corrected chi connectivity index (χ4v) is 1.18. The van der Waals surface area contributed by atoms with Gasteiger partial charge in [-0.25, -0.2) is 4.79 Å². The molecule has 0 spiro atoms. The number of nitrogens with two attached hydrogens (primary N) is 1. The van der Waals surface area contributed by atoms with Crippen molar-refractivity contribution in [1.29, 1.82) is 0 Å². The van der Waals surface area contributed by atoms with Crippen LogP contribution in [0.5, 0.6) is 0 Å². The maximum atomic E-state index is 11.1. The zero-order valence-electron chi connectivity index (χ0n) is 6.95. The van der Waals surface area contributed by atoms with E-state index in [1.165, 1.54) is 7.11 Å². The first-order chi connectivity index (χ1) is 5.61. The Morgan fingerprint density at radius 3 is 3.00 bits per heavy atom. The van der Waals surface area contributed by atoms with Crippen LogP contribution in [0.4, 0.5) is 0 Å². The van der Waals surface area contributed by atoms with E-state index in [0.717, 1.165) is 0 Å². The molecule has 1 aliphatic heterocycles. The van der Waals surface area contributed by atoms with E-state index in [0.29, 0.717) is 13.0 Å². The summed E-state index contributed by atoms with van der Waals surface area (Å²) in [6.45, 7) is 0.467. The van der Waals surface area contributed by atoms with Gasteiger partial charge in [0.15, 0.2) is 0 Å². The van der Waals surface area contributed by atoms with Crippen LogP contribution in [0.25, 0.3) is 0 Å². The van der Waals surface area contributed by atoms with Gasteiger partial charge in [-0.3, -0.25) is 0 Å². The number of carbonyl (C=O) groups is 1. The first-order valence-corrected chi connectivity index (χ1v) is 3.74. The molecular formula is C7H13NO4. The Balaban J connectivity index is 2.72. The molecular weight excluding hydrogens is 162 g/mol. The molecule has 0 aromatic heterocycles. The van der Waals surface area contributed by atoms with E-state index in [2.05, 4.69) is 4.74 Å². The lowest BCUT2D eigenvalue weighted by atomic mass is 9.89. The maximum absolute atomic E-state index is 11.1. The Bertz CT molecular complexity index is 184. The molecule has 2 atom stereocenters. The number of hydrogen-bond acceptors (Lipinski definition) is 5. The van der Waals surface area contributed by atoms with Crippen molar-refractivity contribution in [3.63, 3.8) is 0 Å². The highest BCUT2D eigenvalue weighted by Crippen LogP contribution is 2.19. The van der Waals surface area contributed by atoms with Crippen LogP contribution in [0.3, 0.4) is 0 Å². The minimum atomic E-state index is -1.28. The number of carbonyl (C=O) groups excluding carboxylic acids is 1. The fraction of sp³-hybridized carbons (Fsp3) is 0.857. The number of ether oxygens (including phenoxy) is 2. The second-order valence-corrected chi connectivity index (χ2v) is 2.87. The van der Waals surface area contributed by atoms with Gasteiger partial charge in [0.25, 0.3) is 0 Å². The number of methoxy groups -OCH3 is 1. The van der Waals surface area contributed by atoms with Gasteiger partial charge in [0.05, 0.1) is 13.7 Å². The van der Waals surface area contributed by atoms with Crippen LogP contribution in [-0.4, -0.2) is 43.0 Å². The van der Waals surface area contributed by atoms with Gasteiger partial charge in [0, 0.05) is 13.0 Å². The molecule has 70 valence electrons. The van der Waals surface area contributed by atoms with Crippen molar-refractivity contribution >= 4 is 5.97 Å². The van der Waals surface area contributed by atoms with Crippen molar-refractivity contribution in [3.8, 4) is 0 Å². The van der Waals surface area contributed by atoms with Gasteiger partial charge in [-0.15, -0.1) is 0 Å². The molecule has 0 aromatic carbocycles. The molecule has 3 N–H and O–H groups in total. The maximum Gasteiger partial charge on any atom is 0.328 e. The van der Waals surface area contributed by atoms with E-state index in [1.807, 2.05) is 0 Å². The monoisotopic (exact) mass is 175 g/mol. The Morgan fingerprint density at radius 2 is 2.50 bits per heavy atom. The van der Waals surface area contributed by atoms with E-state index < -0.39 is 17.6 Å². The molecule has 0 aromatic rings. The number of rotatable bonds is 1. The van der Waals surface area contributed by atoms with Crippen molar-refractivity contribution in [2.45, 2.75) is 18.1 Å². The largest absolute Gasteiger partial charge is 0.468 e. The highest BCUT2D eigenvalue weighted by Gasteiger charge is 2.44. The lowest BCUT2D eigenvalue weighted by molar-refractivity contribution is -0.159. The second kappa shape index (κ2) is 3.38. The van der Waals surface area contributed by atoms with Crippen molar-refractivity contribution < 1.29 is 19.4 Å². The summed E-state index contributed by atoms with van der Waals surface area (Å²) in [6, 6.07) is 0. The molecule has 5 nitrogen and oxygen atoms in total. The van der Waals surface area contributed by atoms with Crippen LogP contribution >= 0.6 is 0 Å². The number of hydrogen-bond donors (Lipinski definition) is 2. The van der Waals surface area contributed by atoms with Crippen LogP contribution in [0.15, 0.2) is 0 Å². The molecule has 1 fully saturated rings. The molecule has 5 heteroatoms. The smallest absolute Gasteiger partial charge is 0.328 e. The predicted molar refractivity (Wildman–Crippen MR) is 40.4 cm³/mol. The van der Waals surface area contributed by atoms with Crippen LogP contribution in [-0.2, 0) is 14.3 Å². The highest BCUT2D eigenvalue weighted by atomic mass is 16.5. The summed E-state index contributed by atoms with van der Waals surface area (Å²) in [5, 5.41) is 9.38. The number of aliphatic hydroxyl groups is 1. The van der Waals surface area contributed by atoms with Crippen LogP contribution in [0, 0.1) is 0 Å². The van der Waals surface area contributed by atoms with Gasteiger partial charge in [-0.1, -0.05) is 0 Å². The second-order valence-electron chi connectivity index (χ2n) is 2.87. The van der Waals surface area contributed by atoms with Gasteiger partial charge in [0.1, 0.15) is 11.6 Å². The van der Waals surface area contributed by atoms with Gasteiger partial charge >= 0.3 is 5.97 Å². The summed E-state index contributed by atoms with van der Waals surface area (Å²) >= 11 is 0. The minimum absolute atomic E-state index is 0.0889. The SMILES string of the molecule is COC(=O)[C@@]1(N)CCOC[C@H]1O. The van der Waals surface area contributed by atoms with Gasteiger partial charge in [0.2, 0.25) is 0 Å². The Labute approximate surface area is 70.4 Å². The van der Waals surface area contributed by atoms with Crippen molar-refractivity contribution in [1.82, 2.24) is 0 Å². The third kappa shape index (κ3) is 1.43. The first kappa shape index (κ1) is 9.44. The zero-order chi connectivity index (χ0) is 9.19. The lowest BCUT2D eigenvalue weighted by Crippen LogP contribution is -2.62. The van der Waals surface area contributed by atoms with Crippen LogP contribution in [0.1, 0.15) is 6.42 Å². The summed E-state index contributed by atoms with van der Waals surface area (Å²) in [7, 11) is 1.25. The average Bonchev–Trinajstić information content (AvgIpc) is 2.09. The summed E-state index contributed by atoms with van der Waals surface area (Å²) in [5.74, 6) is -0.585. The minimum Gasteiger partial charge on any atom is -0.468 e. The van der Waals surface area contributed by atoms with E-state index in [1.54, 1.807) is 0 Å². The summed E-state index contributed by atoms with van der Waals surface area (Å²) in [6.07, 6.45) is -0.681. The molecule has 0 saturated carbocycles. The van der Waals surface area contributed by atoms with Gasteiger partial charge in [-0.2, -0.15) is 0 Å². The van der Waals surface area contributed by atoms with Crippen molar-refractivity contribution in [2.24, 2.45) is 5.73 Å². The van der Waals surface area contributed by atoms with Crippen LogP contribution < -0.4 is 5.73 Å². The highest BCUT2D eigenvalue weighted by molar-refractivity contribution is 5.81. The topological polar surface area (TPSA) is 81.8 Å². The lowest BCUT2D eigenvalue weighted by Gasteiger charge is -2.34. The van der Waals surface area contributed by atoms with E-state index in [9.17, 15) is 9.90 Å². The summed E-state index contributed by atoms with van der Waals surface area (Å²) < 4.78 is 9.42. The molecule has 1 heterocycles. The first-order valence-electron chi connectivity index (χ1n) is 3.74. The standard InChI is InChI=1S/C7H13NO4/c1-11-6(10)7(8)2-3-12-4-5(7)9/h5,9H,2-4,8H2,1H3/t5-,7-/m1/s1. The number of esters is 1. The molecule has 1 saturated heterocycles. The van der Waals surface area contributed by atoms with Crippen molar-refractivity contribution in [2.75, 3.05) is 20.3 Å². The Morgan fingerprint density at radius 1 is 1.83 bits per heavy atom. The van der Waals surface area contributed by atoms with Gasteiger partial charge < -0.3 is 20.3 Å². The quantitative estimate of drug-likeness (QED) is 0.481. The molecule has 12 heavy (non-hydrogen) atoms. The average molecular weight is 175 g/mol. The number of aliphatic hydroxyl groups excluding tert-OH is 1. The van der Waals surface area contributed by atoms with E-state index in [4.69, 9.17) is 10.5 Å². The third-order valence-corrected chi connectivity index (χ3v) is 2.10. The Kier molecular flexibility index (Phi) is 2.66. The zero-order valence-corrected chi connectivity index (χ0v) is 6.95. The molecule has 0 radical (unpaired) electrons. The normalized spacial score (nSPS) is 36.1. The Hall–Kier alpha value is -0.650. The molecule has 0 amide bonds. The molecule has 1 rings (SSSR count). The molecule has 0 bridgehead atoms. The van der Waals surface area contributed by atoms with Gasteiger partial charge in [-0.05, 0) is 0 Å². The predicted octanol–water partition coefficient (Wildman–Crippen LogP) is -1.36. The third-order valence-electron chi connectivity index (χ3n) is 2.10. The van der Waals surface area contributed by atoms with Crippen molar-refractivity contribution in [3.05, 3.63) is 0 Å². The molecule has 0 unspecified atom stereocenters. The summed E-state index contributed by atoms with van der Waals surface area (Å²) in [5.41, 5.74) is 4.37. The summed E-state index contributed by atoms with van der Waals surface area (Å²) in [4.78, 5) is 11.1. The molecule has 0 aliphatic carbocycles. The van der Waals surface area contributed by atoms with E-state index in [-0.39, 0.29) is 6.61 Å². The fourth-order valence-electron chi connectivity index (χ4n) is 1.18. The molecule has 1 aliphatic rings.